The number of fused-ring (bicyclic) bond motifs is 3. The van der Waals surface area contributed by atoms with E-state index in [4.69, 9.17) is 0 Å². The van der Waals surface area contributed by atoms with Gasteiger partial charge >= 0.3 is 0 Å². The molecule has 4 aromatic rings. The van der Waals surface area contributed by atoms with Gasteiger partial charge in [-0.3, -0.25) is 0 Å². The summed E-state index contributed by atoms with van der Waals surface area (Å²) in [5, 5.41) is 3.42. The maximum absolute atomic E-state index is 4.64. The Labute approximate surface area is 125 Å². The summed E-state index contributed by atoms with van der Waals surface area (Å²) in [4.78, 5) is 4.64. The molecular weight excluding hydrogens is 284 g/mol. The van der Waals surface area contributed by atoms with E-state index >= 15 is 0 Å². The molecule has 3 heterocycles. The molecule has 1 aromatic carbocycles. The normalized spacial score (nSPS) is 11.5. The topological polar surface area (TPSA) is 16.8 Å². The Balaban J connectivity index is 2.17. The third-order valence-corrected chi connectivity index (χ3v) is 5.86. The van der Waals surface area contributed by atoms with Gasteiger partial charge in [0.05, 0.1) is 16.4 Å². The lowest BCUT2D eigenvalue weighted by molar-refractivity contribution is -0.662. The number of rotatable bonds is 1. The van der Waals surface area contributed by atoms with Crippen LogP contribution in [0.5, 0.6) is 0 Å². The van der Waals surface area contributed by atoms with Gasteiger partial charge in [0.25, 0.3) is 6.33 Å². The smallest absolute Gasteiger partial charge is 0.231 e. The second kappa shape index (κ2) is 4.36. The zero-order chi connectivity index (χ0) is 13.7. The zero-order valence-electron chi connectivity index (χ0n) is 11.3. The van der Waals surface area contributed by atoms with Crippen molar-refractivity contribution in [2.75, 3.05) is 0 Å². The highest BCUT2D eigenvalue weighted by molar-refractivity contribution is 7.41. The van der Waals surface area contributed by atoms with Crippen LogP contribution < -0.4 is 4.57 Å². The number of aryl methyl sites for hydroxylation is 2. The molecule has 0 aliphatic rings. The minimum Gasteiger partial charge on any atom is -0.231 e. The standard InChI is InChI=1S/C16H13N2S2/c1-10-5-3-4-6-11(10)14-15-13(17-9-18(14)2)12-7-8-19-16(12)20-15/h3-9H,1-2H3/q+1. The van der Waals surface area contributed by atoms with Crippen LogP contribution in [0.1, 0.15) is 5.56 Å². The van der Waals surface area contributed by atoms with E-state index < -0.39 is 0 Å². The molecule has 2 nitrogen and oxygen atoms in total. The van der Waals surface area contributed by atoms with Crippen LogP contribution in [0, 0.1) is 6.92 Å². The van der Waals surface area contributed by atoms with Gasteiger partial charge in [0.15, 0.2) is 5.69 Å². The lowest BCUT2D eigenvalue weighted by Gasteiger charge is -2.06. The summed E-state index contributed by atoms with van der Waals surface area (Å²) in [6.45, 7) is 2.16. The van der Waals surface area contributed by atoms with E-state index in [-0.39, 0.29) is 0 Å². The van der Waals surface area contributed by atoms with Gasteiger partial charge in [0.2, 0.25) is 5.52 Å². The van der Waals surface area contributed by atoms with Crippen LogP contribution in [0.4, 0.5) is 0 Å². The minimum atomic E-state index is 1.13. The van der Waals surface area contributed by atoms with Crippen molar-refractivity contribution < 1.29 is 4.57 Å². The molecular formula is C16H13N2S2+. The van der Waals surface area contributed by atoms with Crippen molar-refractivity contribution in [3.63, 3.8) is 0 Å². The van der Waals surface area contributed by atoms with Gasteiger partial charge in [0, 0.05) is 5.56 Å². The minimum absolute atomic E-state index is 1.13. The SMILES string of the molecule is Cc1ccccc1-c1c2sc3sccc3c2nc[n+]1C. The Hall–Kier alpha value is -1.78. The maximum Gasteiger partial charge on any atom is 0.287 e. The molecule has 0 radical (unpaired) electrons. The molecule has 0 aliphatic carbocycles. The number of hydrogen-bond acceptors (Lipinski definition) is 3. The fraction of sp³-hybridized carbons (Fsp3) is 0.125. The van der Waals surface area contributed by atoms with Crippen LogP contribution in [0.2, 0.25) is 0 Å². The molecule has 0 spiro atoms. The van der Waals surface area contributed by atoms with Crippen molar-refractivity contribution in [2.24, 2.45) is 7.05 Å². The lowest BCUT2D eigenvalue weighted by Crippen LogP contribution is -2.31. The van der Waals surface area contributed by atoms with Gasteiger partial charge in [-0.25, -0.2) is 4.57 Å². The number of hydrogen-bond donors (Lipinski definition) is 0. The van der Waals surface area contributed by atoms with E-state index in [1.54, 1.807) is 11.3 Å². The lowest BCUT2D eigenvalue weighted by atomic mass is 10.0. The quantitative estimate of drug-likeness (QED) is 0.478. The summed E-state index contributed by atoms with van der Waals surface area (Å²) < 4.78 is 4.77. The molecule has 4 rings (SSSR count). The summed E-state index contributed by atoms with van der Waals surface area (Å²) in [6.07, 6.45) is 1.92. The second-order valence-corrected chi connectivity index (χ2v) is 7.12. The molecule has 0 saturated heterocycles. The van der Waals surface area contributed by atoms with E-state index in [0.29, 0.717) is 0 Å². The highest BCUT2D eigenvalue weighted by Gasteiger charge is 2.21. The molecule has 0 N–H and O–H groups in total. The Kier molecular flexibility index (Phi) is 2.62. The van der Waals surface area contributed by atoms with Crippen molar-refractivity contribution in [3.8, 4) is 11.3 Å². The molecule has 98 valence electrons. The number of nitrogens with zero attached hydrogens (tertiary/aromatic N) is 2. The first-order chi connectivity index (χ1) is 9.75. The summed E-state index contributed by atoms with van der Waals surface area (Å²) in [5.74, 6) is 0. The molecule has 4 heteroatoms. The largest absolute Gasteiger partial charge is 0.287 e. The monoisotopic (exact) mass is 297 g/mol. The molecule has 0 fully saturated rings. The third-order valence-electron chi connectivity index (χ3n) is 3.62. The third kappa shape index (κ3) is 1.62. The van der Waals surface area contributed by atoms with Crippen LogP contribution in [-0.4, -0.2) is 4.98 Å². The number of aromatic nitrogens is 2. The summed E-state index contributed by atoms with van der Waals surface area (Å²) >= 11 is 3.64. The summed E-state index contributed by atoms with van der Waals surface area (Å²) in [5.41, 5.74) is 4.98. The zero-order valence-corrected chi connectivity index (χ0v) is 12.9. The maximum atomic E-state index is 4.64. The van der Waals surface area contributed by atoms with Crippen LogP contribution in [0.3, 0.4) is 0 Å². The van der Waals surface area contributed by atoms with Crippen molar-refractivity contribution in [3.05, 3.63) is 47.6 Å². The predicted octanol–water partition coefficient (Wildman–Crippen LogP) is 4.31. The van der Waals surface area contributed by atoms with E-state index in [2.05, 4.69) is 59.2 Å². The Morgan fingerprint density at radius 2 is 2.00 bits per heavy atom. The molecule has 0 aliphatic heterocycles. The fourth-order valence-electron chi connectivity index (χ4n) is 2.62. The molecule has 0 unspecified atom stereocenters. The van der Waals surface area contributed by atoms with Gasteiger partial charge < -0.3 is 0 Å². The fourth-order valence-corrected chi connectivity index (χ4v) is 4.91. The van der Waals surface area contributed by atoms with Gasteiger partial charge in [-0.15, -0.1) is 22.7 Å². The van der Waals surface area contributed by atoms with Crippen molar-refractivity contribution in [1.82, 2.24) is 4.98 Å². The Bertz CT molecular complexity index is 934. The highest BCUT2D eigenvalue weighted by atomic mass is 32.2. The van der Waals surface area contributed by atoms with Crippen molar-refractivity contribution >= 4 is 42.3 Å². The molecule has 0 amide bonds. The molecule has 3 aromatic heterocycles. The van der Waals surface area contributed by atoms with Crippen LogP contribution in [0.15, 0.2) is 42.0 Å². The Morgan fingerprint density at radius 3 is 2.85 bits per heavy atom. The number of benzene rings is 1. The van der Waals surface area contributed by atoms with Gasteiger partial charge in [0.1, 0.15) is 4.70 Å². The number of thiophene rings is 2. The van der Waals surface area contributed by atoms with Gasteiger partial charge in [-0.1, -0.05) is 24.3 Å². The summed E-state index contributed by atoms with van der Waals surface area (Å²) in [7, 11) is 2.07. The average molecular weight is 297 g/mol. The molecule has 0 bridgehead atoms. The van der Waals surface area contributed by atoms with Crippen LogP contribution in [0.25, 0.3) is 30.9 Å². The van der Waals surface area contributed by atoms with Crippen molar-refractivity contribution in [2.45, 2.75) is 6.92 Å². The average Bonchev–Trinajstić information content (AvgIpc) is 3.00. The second-order valence-electron chi connectivity index (χ2n) is 4.92. The first-order valence-electron chi connectivity index (χ1n) is 6.46. The van der Waals surface area contributed by atoms with E-state index in [0.717, 1.165) is 5.52 Å². The highest BCUT2D eigenvalue weighted by Crippen LogP contribution is 2.39. The van der Waals surface area contributed by atoms with E-state index in [1.165, 1.54) is 30.9 Å². The predicted molar refractivity (Wildman–Crippen MR) is 86.4 cm³/mol. The van der Waals surface area contributed by atoms with Crippen LogP contribution in [-0.2, 0) is 7.05 Å². The van der Waals surface area contributed by atoms with E-state index in [1.807, 2.05) is 17.7 Å². The summed E-state index contributed by atoms with van der Waals surface area (Å²) in [6, 6.07) is 10.7. The van der Waals surface area contributed by atoms with Crippen molar-refractivity contribution in [1.29, 1.82) is 0 Å². The molecule has 0 saturated carbocycles. The first-order valence-corrected chi connectivity index (χ1v) is 8.15. The molecule has 20 heavy (non-hydrogen) atoms. The Morgan fingerprint density at radius 1 is 1.15 bits per heavy atom. The van der Waals surface area contributed by atoms with Gasteiger partial charge in [-0.2, -0.15) is 0 Å². The van der Waals surface area contributed by atoms with E-state index in [9.17, 15) is 0 Å². The first kappa shape index (κ1) is 12.0. The van der Waals surface area contributed by atoms with Gasteiger partial charge in [-0.05, 0) is 28.9 Å². The molecule has 0 atom stereocenters. The van der Waals surface area contributed by atoms with Crippen LogP contribution >= 0.6 is 22.7 Å².